The number of anilines is 1. The van der Waals surface area contributed by atoms with Gasteiger partial charge in [0.2, 0.25) is 5.91 Å². The number of carbonyl (C=O) groups excluding carboxylic acids is 1. The van der Waals surface area contributed by atoms with Crippen LogP contribution in [0.15, 0.2) is 117 Å². The van der Waals surface area contributed by atoms with Crippen LogP contribution in [-0.2, 0) is 4.79 Å². The first-order valence-corrected chi connectivity index (χ1v) is 13.6. The van der Waals surface area contributed by atoms with Crippen molar-refractivity contribution < 1.29 is 4.79 Å². The Bertz CT molecular complexity index is 1650. The predicted molar refractivity (Wildman–Crippen MR) is 153 cm³/mol. The normalized spacial score (nSPS) is 11.0. The van der Waals surface area contributed by atoms with Crippen LogP contribution in [0.25, 0.3) is 16.6 Å². The Hall–Kier alpha value is -3.81. The second-order valence-electron chi connectivity index (χ2n) is 8.57. The van der Waals surface area contributed by atoms with Crippen molar-refractivity contribution in [3.63, 3.8) is 0 Å². The van der Waals surface area contributed by atoms with E-state index in [1.165, 1.54) is 11.8 Å². The number of para-hydroxylation sites is 2. The summed E-state index contributed by atoms with van der Waals surface area (Å²) in [6.45, 7) is 4.05. The number of rotatable bonds is 7. The topological polar surface area (TPSA) is 64.0 Å². The molecule has 0 atom stereocenters. The Kier molecular flexibility index (Phi) is 7.44. The molecule has 1 heterocycles. The monoisotopic (exact) mass is 523 g/mol. The fourth-order valence-corrected chi connectivity index (χ4v) is 5.63. The van der Waals surface area contributed by atoms with Gasteiger partial charge in [-0.05, 0) is 73.5 Å². The van der Waals surface area contributed by atoms with Crippen LogP contribution >= 0.6 is 23.5 Å². The Labute approximate surface area is 224 Å². The highest BCUT2D eigenvalue weighted by Gasteiger charge is 2.16. The SMILES string of the molecule is Cc1ccc(-n2c(SCC(=O)Nc3ccccc3Sc3ccccc3)nc3ccccc3c2=O)cc1C. The lowest BCUT2D eigenvalue weighted by atomic mass is 10.1. The summed E-state index contributed by atoms with van der Waals surface area (Å²) in [7, 11) is 0. The van der Waals surface area contributed by atoms with E-state index in [2.05, 4.69) is 5.32 Å². The Morgan fingerprint density at radius 2 is 1.59 bits per heavy atom. The zero-order valence-corrected chi connectivity index (χ0v) is 22.1. The molecule has 5 aromatic rings. The van der Waals surface area contributed by atoms with E-state index in [1.54, 1.807) is 22.4 Å². The molecule has 0 saturated carbocycles. The van der Waals surface area contributed by atoms with Crippen LogP contribution in [0.1, 0.15) is 11.1 Å². The van der Waals surface area contributed by atoms with Gasteiger partial charge >= 0.3 is 0 Å². The third kappa shape index (κ3) is 5.63. The van der Waals surface area contributed by atoms with Crippen molar-refractivity contribution in [2.75, 3.05) is 11.1 Å². The molecular weight excluding hydrogens is 498 g/mol. The molecule has 0 aliphatic rings. The van der Waals surface area contributed by atoms with Gasteiger partial charge in [0.25, 0.3) is 5.56 Å². The van der Waals surface area contributed by atoms with Crippen molar-refractivity contribution in [1.82, 2.24) is 9.55 Å². The van der Waals surface area contributed by atoms with Gasteiger partial charge in [-0.3, -0.25) is 14.2 Å². The van der Waals surface area contributed by atoms with Crippen LogP contribution in [0.2, 0.25) is 0 Å². The summed E-state index contributed by atoms with van der Waals surface area (Å²) in [5, 5.41) is 4.06. The molecule has 7 heteroatoms. The molecule has 1 N–H and O–H groups in total. The quantitative estimate of drug-likeness (QED) is 0.186. The van der Waals surface area contributed by atoms with Crippen molar-refractivity contribution in [1.29, 1.82) is 0 Å². The van der Waals surface area contributed by atoms with Gasteiger partial charge < -0.3 is 5.32 Å². The minimum Gasteiger partial charge on any atom is -0.324 e. The van der Waals surface area contributed by atoms with Gasteiger partial charge in [0.15, 0.2) is 5.16 Å². The predicted octanol–water partition coefficient (Wildman–Crippen LogP) is 6.88. The molecule has 0 spiro atoms. The number of hydrogen-bond acceptors (Lipinski definition) is 5. The fraction of sp³-hybridized carbons (Fsp3) is 0.100. The van der Waals surface area contributed by atoms with Crippen molar-refractivity contribution in [3.8, 4) is 5.69 Å². The van der Waals surface area contributed by atoms with Gasteiger partial charge in [-0.15, -0.1) is 0 Å². The highest BCUT2D eigenvalue weighted by molar-refractivity contribution is 8.00. The van der Waals surface area contributed by atoms with Crippen LogP contribution in [0.4, 0.5) is 5.69 Å². The molecule has 4 aromatic carbocycles. The molecule has 0 fully saturated rings. The molecule has 1 aromatic heterocycles. The van der Waals surface area contributed by atoms with Crippen LogP contribution in [0.3, 0.4) is 0 Å². The number of hydrogen-bond donors (Lipinski definition) is 1. The molecule has 37 heavy (non-hydrogen) atoms. The maximum Gasteiger partial charge on any atom is 0.266 e. The number of benzene rings is 4. The van der Waals surface area contributed by atoms with E-state index in [4.69, 9.17) is 4.98 Å². The molecule has 0 radical (unpaired) electrons. The summed E-state index contributed by atoms with van der Waals surface area (Å²) in [4.78, 5) is 33.3. The maximum absolute atomic E-state index is 13.5. The average Bonchev–Trinajstić information content (AvgIpc) is 2.91. The first-order chi connectivity index (χ1) is 18.0. The Morgan fingerprint density at radius 1 is 0.865 bits per heavy atom. The lowest BCUT2D eigenvalue weighted by Crippen LogP contribution is -2.23. The van der Waals surface area contributed by atoms with Crippen LogP contribution < -0.4 is 10.9 Å². The summed E-state index contributed by atoms with van der Waals surface area (Å²) in [5.74, 6) is -0.0554. The number of carbonyl (C=O) groups is 1. The van der Waals surface area contributed by atoms with Crippen molar-refractivity contribution in [2.45, 2.75) is 28.8 Å². The number of aryl methyl sites for hydroxylation is 2. The number of nitrogens with zero attached hydrogens (tertiary/aromatic N) is 2. The summed E-state index contributed by atoms with van der Waals surface area (Å²) in [5.41, 5.74) is 4.17. The first-order valence-electron chi connectivity index (χ1n) is 11.8. The van der Waals surface area contributed by atoms with Crippen LogP contribution in [0.5, 0.6) is 0 Å². The molecule has 0 saturated heterocycles. The molecule has 0 unspecified atom stereocenters. The zero-order valence-electron chi connectivity index (χ0n) is 20.5. The molecule has 0 aliphatic carbocycles. The minimum atomic E-state index is -0.167. The highest BCUT2D eigenvalue weighted by atomic mass is 32.2. The molecule has 1 amide bonds. The number of thioether (sulfide) groups is 1. The van der Waals surface area contributed by atoms with E-state index in [9.17, 15) is 9.59 Å². The fourth-order valence-electron chi connectivity index (χ4n) is 3.89. The molecule has 0 aliphatic heterocycles. The van der Waals surface area contributed by atoms with E-state index in [0.717, 1.165) is 32.3 Å². The first kappa shape index (κ1) is 24.9. The minimum absolute atomic E-state index is 0.111. The zero-order chi connectivity index (χ0) is 25.8. The Morgan fingerprint density at radius 3 is 2.41 bits per heavy atom. The van der Waals surface area contributed by atoms with Crippen molar-refractivity contribution in [3.05, 3.63) is 119 Å². The molecule has 5 nitrogen and oxygen atoms in total. The second kappa shape index (κ2) is 11.1. The van der Waals surface area contributed by atoms with Gasteiger partial charge in [0.05, 0.1) is 28.0 Å². The maximum atomic E-state index is 13.5. The summed E-state index contributed by atoms with van der Waals surface area (Å²) in [6, 6.07) is 31.0. The summed E-state index contributed by atoms with van der Waals surface area (Å²) < 4.78 is 1.60. The van der Waals surface area contributed by atoms with Gasteiger partial charge in [-0.1, -0.05) is 72.1 Å². The number of fused-ring (bicyclic) bond motifs is 1. The lowest BCUT2D eigenvalue weighted by molar-refractivity contribution is -0.113. The number of amides is 1. The van der Waals surface area contributed by atoms with Crippen molar-refractivity contribution >= 4 is 46.0 Å². The van der Waals surface area contributed by atoms with Gasteiger partial charge in [0, 0.05) is 9.79 Å². The van der Waals surface area contributed by atoms with Crippen LogP contribution in [-0.4, -0.2) is 21.2 Å². The van der Waals surface area contributed by atoms with Gasteiger partial charge in [-0.25, -0.2) is 4.98 Å². The van der Waals surface area contributed by atoms with Crippen molar-refractivity contribution in [2.24, 2.45) is 0 Å². The average molecular weight is 524 g/mol. The second-order valence-corrected chi connectivity index (χ2v) is 10.6. The third-order valence-corrected chi connectivity index (χ3v) is 7.98. The van der Waals surface area contributed by atoms with E-state index in [1.807, 2.05) is 105 Å². The van der Waals surface area contributed by atoms with E-state index in [-0.39, 0.29) is 17.2 Å². The van der Waals surface area contributed by atoms with Gasteiger partial charge in [-0.2, -0.15) is 0 Å². The largest absolute Gasteiger partial charge is 0.324 e. The smallest absolute Gasteiger partial charge is 0.266 e. The lowest BCUT2D eigenvalue weighted by Gasteiger charge is -2.15. The van der Waals surface area contributed by atoms with E-state index >= 15 is 0 Å². The standard InChI is InChI=1S/C30H25N3O2S2/c1-20-16-17-22(18-21(20)2)33-29(35)24-12-6-7-13-25(24)32-30(33)36-19-28(34)31-26-14-8-9-15-27(26)37-23-10-4-3-5-11-23/h3-18H,19H2,1-2H3,(H,31,34). The van der Waals surface area contributed by atoms with Crippen LogP contribution in [0, 0.1) is 13.8 Å². The van der Waals surface area contributed by atoms with E-state index in [0.29, 0.717) is 16.1 Å². The number of aromatic nitrogens is 2. The van der Waals surface area contributed by atoms with Gasteiger partial charge in [0.1, 0.15) is 0 Å². The molecular formula is C30H25N3O2S2. The molecule has 0 bridgehead atoms. The Balaban J connectivity index is 1.41. The summed E-state index contributed by atoms with van der Waals surface area (Å²) >= 11 is 2.85. The molecule has 5 rings (SSSR count). The van der Waals surface area contributed by atoms with E-state index < -0.39 is 0 Å². The summed E-state index contributed by atoms with van der Waals surface area (Å²) in [6.07, 6.45) is 0. The number of nitrogens with one attached hydrogen (secondary N) is 1. The molecule has 184 valence electrons. The highest BCUT2D eigenvalue weighted by Crippen LogP contribution is 2.33. The third-order valence-electron chi connectivity index (χ3n) is 5.96.